The molecule has 2 heterocycles. The number of methoxy groups -OCH3 is 1. The zero-order valence-corrected chi connectivity index (χ0v) is 17.5. The Balaban J connectivity index is 1.64. The molecule has 0 aliphatic carbocycles. The van der Waals surface area contributed by atoms with E-state index in [1.807, 2.05) is 0 Å². The first-order valence-electron chi connectivity index (χ1n) is 9.53. The minimum absolute atomic E-state index is 0.0721. The van der Waals surface area contributed by atoms with Crippen molar-refractivity contribution in [3.05, 3.63) is 18.0 Å². The van der Waals surface area contributed by atoms with E-state index in [1.54, 1.807) is 19.4 Å². The molecule has 10 heteroatoms. The van der Waals surface area contributed by atoms with Crippen LogP contribution >= 0.6 is 0 Å². The fourth-order valence-electron chi connectivity index (χ4n) is 2.92. The van der Waals surface area contributed by atoms with Crippen LogP contribution in [0.15, 0.2) is 12.3 Å². The lowest BCUT2D eigenvalue weighted by molar-refractivity contribution is 0.0212. The first-order valence-corrected chi connectivity index (χ1v) is 11.4. The van der Waals surface area contributed by atoms with Crippen molar-refractivity contribution in [1.29, 1.82) is 0 Å². The summed E-state index contributed by atoms with van der Waals surface area (Å²) >= 11 is 0. The van der Waals surface area contributed by atoms with E-state index in [0.29, 0.717) is 44.0 Å². The van der Waals surface area contributed by atoms with E-state index in [9.17, 15) is 8.42 Å². The average Bonchev–Trinajstić information content (AvgIpc) is 2.69. The molecule has 1 fully saturated rings. The number of rotatable bonds is 13. The van der Waals surface area contributed by atoms with Crippen LogP contribution in [0.3, 0.4) is 0 Å². The summed E-state index contributed by atoms with van der Waals surface area (Å²) in [7, 11) is -1.83. The van der Waals surface area contributed by atoms with Crippen LogP contribution in [0.4, 0.5) is 5.95 Å². The quantitative estimate of drug-likeness (QED) is 0.346. The molecule has 0 atom stereocenters. The highest BCUT2D eigenvalue weighted by Crippen LogP contribution is 2.23. The molecule has 1 aromatic heterocycles. The van der Waals surface area contributed by atoms with Gasteiger partial charge in [-0.3, -0.25) is 4.18 Å². The third-order valence-corrected chi connectivity index (χ3v) is 5.04. The summed E-state index contributed by atoms with van der Waals surface area (Å²) in [5, 5.41) is 0. The second-order valence-electron chi connectivity index (χ2n) is 6.75. The highest BCUT2D eigenvalue weighted by Gasteiger charge is 2.21. The lowest BCUT2D eigenvalue weighted by atomic mass is 9.94. The average molecular weight is 418 g/mol. The fraction of sp³-hybridized carbons (Fsp3) is 0.778. The normalized spacial score (nSPS) is 15.9. The molecule has 1 aliphatic rings. The zero-order valence-electron chi connectivity index (χ0n) is 16.7. The third-order valence-electron chi connectivity index (χ3n) is 4.49. The highest BCUT2D eigenvalue weighted by molar-refractivity contribution is 7.85. The van der Waals surface area contributed by atoms with E-state index in [2.05, 4.69) is 14.9 Å². The highest BCUT2D eigenvalue weighted by atomic mass is 32.2. The molecule has 9 nitrogen and oxygen atoms in total. The maximum atomic E-state index is 11.1. The summed E-state index contributed by atoms with van der Waals surface area (Å²) in [6.07, 6.45) is 5.81. The Bertz CT molecular complexity index is 665. The minimum atomic E-state index is -3.49. The van der Waals surface area contributed by atoms with Crippen LogP contribution in [0.1, 0.15) is 25.0 Å². The number of hydrogen-bond donors (Lipinski definition) is 0. The molecule has 0 spiro atoms. The molecule has 2 rings (SSSR count). The van der Waals surface area contributed by atoms with E-state index in [0.717, 1.165) is 45.2 Å². The molecule has 0 aromatic carbocycles. The molecule has 0 saturated carbocycles. The van der Waals surface area contributed by atoms with Gasteiger partial charge in [0, 0.05) is 33.0 Å². The van der Waals surface area contributed by atoms with Gasteiger partial charge in [0.2, 0.25) is 5.95 Å². The summed E-state index contributed by atoms with van der Waals surface area (Å²) in [5.41, 5.74) is 0.554. The first-order chi connectivity index (χ1) is 13.5. The summed E-state index contributed by atoms with van der Waals surface area (Å²) in [6, 6.07) is 1.66. The number of aromatic nitrogens is 2. The van der Waals surface area contributed by atoms with Crippen molar-refractivity contribution < 1.29 is 26.8 Å². The van der Waals surface area contributed by atoms with E-state index >= 15 is 0 Å². The van der Waals surface area contributed by atoms with Gasteiger partial charge in [0.25, 0.3) is 10.1 Å². The van der Waals surface area contributed by atoms with Crippen molar-refractivity contribution in [1.82, 2.24) is 9.97 Å². The van der Waals surface area contributed by atoms with Crippen molar-refractivity contribution in [2.24, 2.45) is 5.92 Å². The number of anilines is 1. The van der Waals surface area contributed by atoms with Crippen LogP contribution in [0.2, 0.25) is 0 Å². The predicted molar refractivity (Wildman–Crippen MR) is 105 cm³/mol. The molecule has 1 aliphatic heterocycles. The Morgan fingerprint density at radius 1 is 1.11 bits per heavy atom. The topological polar surface area (TPSA) is 100 Å². The van der Waals surface area contributed by atoms with Crippen molar-refractivity contribution in [3.63, 3.8) is 0 Å². The standard InChI is InChI=1S/C18H31N3O6S/c1-24-11-12-26-14-13-25-10-6-16-4-8-21(9-5-16)18-19-7-3-17(20-18)15-27-28(2,22)23/h3,7,16H,4-6,8-15H2,1-2H3. The molecule has 1 saturated heterocycles. The van der Waals surface area contributed by atoms with Gasteiger partial charge in [-0.05, 0) is 31.2 Å². The largest absolute Gasteiger partial charge is 0.382 e. The molecular weight excluding hydrogens is 386 g/mol. The summed E-state index contributed by atoms with van der Waals surface area (Å²) in [6.45, 7) is 4.84. The maximum Gasteiger partial charge on any atom is 0.264 e. The molecule has 0 bridgehead atoms. The van der Waals surface area contributed by atoms with Crippen LogP contribution in [0.25, 0.3) is 0 Å². The van der Waals surface area contributed by atoms with Gasteiger partial charge in [0.15, 0.2) is 0 Å². The SMILES string of the molecule is COCCOCCOCCC1CCN(c2nccc(COS(C)(=O)=O)n2)CC1. The Labute approximate surface area is 167 Å². The second-order valence-corrected chi connectivity index (χ2v) is 8.39. The van der Waals surface area contributed by atoms with Crippen molar-refractivity contribution in [2.75, 3.05) is 64.4 Å². The van der Waals surface area contributed by atoms with Gasteiger partial charge in [-0.1, -0.05) is 0 Å². The Hall–Kier alpha value is -1.33. The Morgan fingerprint density at radius 3 is 2.46 bits per heavy atom. The molecule has 28 heavy (non-hydrogen) atoms. The summed E-state index contributed by atoms with van der Waals surface area (Å²) in [4.78, 5) is 10.9. The molecule has 0 radical (unpaired) electrons. The Kier molecular flexibility index (Phi) is 10.1. The molecule has 1 aromatic rings. The van der Waals surface area contributed by atoms with Crippen molar-refractivity contribution in [3.8, 4) is 0 Å². The number of ether oxygens (including phenoxy) is 3. The van der Waals surface area contributed by atoms with Gasteiger partial charge >= 0.3 is 0 Å². The van der Waals surface area contributed by atoms with Crippen LogP contribution in [0, 0.1) is 5.92 Å². The molecule has 0 amide bonds. The van der Waals surface area contributed by atoms with Crippen LogP contribution < -0.4 is 4.90 Å². The second kappa shape index (κ2) is 12.3. The molecular formula is C18H31N3O6S. The smallest absolute Gasteiger partial charge is 0.264 e. The van der Waals surface area contributed by atoms with Crippen LogP contribution in [-0.2, 0) is 35.1 Å². The fourth-order valence-corrected chi connectivity index (χ4v) is 3.26. The van der Waals surface area contributed by atoms with Gasteiger partial charge in [0.1, 0.15) is 6.61 Å². The van der Waals surface area contributed by atoms with Crippen molar-refractivity contribution >= 4 is 16.1 Å². The van der Waals surface area contributed by atoms with E-state index in [4.69, 9.17) is 18.4 Å². The van der Waals surface area contributed by atoms with Crippen molar-refractivity contribution in [2.45, 2.75) is 25.9 Å². The number of hydrogen-bond acceptors (Lipinski definition) is 9. The number of piperidine rings is 1. The van der Waals surface area contributed by atoms with Gasteiger partial charge < -0.3 is 19.1 Å². The first kappa shape index (κ1) is 23.0. The molecule has 160 valence electrons. The Morgan fingerprint density at radius 2 is 1.79 bits per heavy atom. The van der Waals surface area contributed by atoms with Gasteiger partial charge in [-0.2, -0.15) is 8.42 Å². The lowest BCUT2D eigenvalue weighted by Crippen LogP contribution is -2.35. The van der Waals surface area contributed by atoms with E-state index < -0.39 is 10.1 Å². The summed E-state index contributed by atoms with van der Waals surface area (Å²) in [5.74, 6) is 1.25. The van der Waals surface area contributed by atoms with Crippen LogP contribution in [-0.4, -0.2) is 77.9 Å². The van der Waals surface area contributed by atoms with Gasteiger partial charge in [-0.25, -0.2) is 9.97 Å². The molecule has 0 unspecified atom stereocenters. The zero-order chi connectivity index (χ0) is 20.2. The molecule has 0 N–H and O–H groups in total. The third kappa shape index (κ3) is 9.24. The van der Waals surface area contributed by atoms with Gasteiger partial charge in [0.05, 0.1) is 38.4 Å². The van der Waals surface area contributed by atoms with Gasteiger partial charge in [-0.15, -0.1) is 0 Å². The lowest BCUT2D eigenvalue weighted by Gasteiger charge is -2.32. The summed E-state index contributed by atoms with van der Waals surface area (Å²) < 4.78 is 42.9. The number of nitrogens with zero attached hydrogens (tertiary/aromatic N) is 3. The maximum absolute atomic E-state index is 11.1. The monoisotopic (exact) mass is 417 g/mol. The minimum Gasteiger partial charge on any atom is -0.382 e. The predicted octanol–water partition coefficient (Wildman–Crippen LogP) is 1.24. The van der Waals surface area contributed by atoms with Crippen LogP contribution in [0.5, 0.6) is 0 Å². The van der Waals surface area contributed by atoms with E-state index in [-0.39, 0.29) is 6.61 Å². The van der Waals surface area contributed by atoms with E-state index in [1.165, 1.54) is 0 Å².